The number of piperidine rings is 1. The van der Waals surface area contributed by atoms with Gasteiger partial charge in [0.2, 0.25) is 5.95 Å². The molecule has 5 heteroatoms. The number of hydrogen-bond donors (Lipinski definition) is 1. The second-order valence-electron chi connectivity index (χ2n) is 6.14. The van der Waals surface area contributed by atoms with Gasteiger partial charge >= 0.3 is 0 Å². The van der Waals surface area contributed by atoms with Crippen LogP contribution in [0.5, 0.6) is 0 Å². The molecule has 1 aromatic heterocycles. The van der Waals surface area contributed by atoms with Crippen molar-refractivity contribution in [3.63, 3.8) is 0 Å². The fourth-order valence-electron chi connectivity index (χ4n) is 2.69. The van der Waals surface area contributed by atoms with Gasteiger partial charge in [0.15, 0.2) is 0 Å². The van der Waals surface area contributed by atoms with E-state index in [1.165, 1.54) is 19.3 Å². The fourth-order valence-corrected chi connectivity index (χ4v) is 2.69. The Bertz CT molecular complexity index is 513. The van der Waals surface area contributed by atoms with Crippen molar-refractivity contribution in [2.75, 3.05) is 18.4 Å². The van der Waals surface area contributed by atoms with Gasteiger partial charge < -0.3 is 10.2 Å². The molecule has 0 bridgehead atoms. The van der Waals surface area contributed by atoms with E-state index in [2.05, 4.69) is 22.2 Å². The van der Waals surface area contributed by atoms with E-state index in [1.54, 1.807) is 6.07 Å². The van der Waals surface area contributed by atoms with Crippen LogP contribution in [-0.2, 0) is 0 Å². The molecular formula is C15H22N4O. The molecule has 2 heterocycles. The van der Waals surface area contributed by atoms with Crippen LogP contribution in [0.1, 0.15) is 48.8 Å². The smallest absolute Gasteiger partial charge is 0.272 e. The highest BCUT2D eigenvalue weighted by Gasteiger charge is 2.25. The van der Waals surface area contributed by atoms with Gasteiger partial charge in [-0.15, -0.1) is 0 Å². The monoisotopic (exact) mass is 274 g/mol. The van der Waals surface area contributed by atoms with E-state index in [9.17, 15) is 4.79 Å². The van der Waals surface area contributed by atoms with Crippen molar-refractivity contribution in [2.24, 2.45) is 5.92 Å². The number of nitrogens with one attached hydrogen (secondary N) is 1. The van der Waals surface area contributed by atoms with Crippen LogP contribution in [0.15, 0.2) is 6.07 Å². The van der Waals surface area contributed by atoms with E-state index < -0.39 is 0 Å². The van der Waals surface area contributed by atoms with Crippen molar-refractivity contribution in [1.29, 1.82) is 0 Å². The zero-order chi connectivity index (χ0) is 14.1. The molecule has 2 aliphatic rings. The minimum Gasteiger partial charge on any atom is -0.351 e. The number of carbonyl (C=O) groups is 1. The summed E-state index contributed by atoms with van der Waals surface area (Å²) in [5.74, 6) is 1.22. The molecule has 1 amide bonds. The lowest BCUT2D eigenvalue weighted by Gasteiger charge is -2.30. The maximum atomic E-state index is 12.6. The van der Waals surface area contributed by atoms with E-state index >= 15 is 0 Å². The normalized spacial score (nSPS) is 22.7. The number of nitrogens with zero attached hydrogens (tertiary/aromatic N) is 3. The molecule has 0 aromatic carbocycles. The number of rotatable bonds is 3. The number of aryl methyl sites for hydroxylation is 1. The Labute approximate surface area is 119 Å². The van der Waals surface area contributed by atoms with Gasteiger partial charge in [-0.1, -0.05) is 6.92 Å². The maximum absolute atomic E-state index is 12.6. The quantitative estimate of drug-likeness (QED) is 0.918. The predicted molar refractivity (Wildman–Crippen MR) is 77.7 cm³/mol. The highest BCUT2D eigenvalue weighted by atomic mass is 16.2. The van der Waals surface area contributed by atoms with Crippen molar-refractivity contribution in [3.8, 4) is 0 Å². The summed E-state index contributed by atoms with van der Waals surface area (Å²) in [5, 5.41) is 3.27. The predicted octanol–water partition coefficient (Wildman–Crippen LogP) is 2.23. The molecular weight excluding hydrogens is 252 g/mol. The molecule has 108 valence electrons. The number of carbonyl (C=O) groups excluding carboxylic acids is 1. The van der Waals surface area contributed by atoms with Crippen molar-refractivity contribution in [2.45, 2.75) is 45.6 Å². The van der Waals surface area contributed by atoms with Crippen LogP contribution in [0.2, 0.25) is 0 Å². The van der Waals surface area contributed by atoms with Crippen molar-refractivity contribution in [1.82, 2.24) is 14.9 Å². The largest absolute Gasteiger partial charge is 0.351 e. The molecule has 20 heavy (non-hydrogen) atoms. The lowest BCUT2D eigenvalue weighted by Crippen LogP contribution is -2.39. The summed E-state index contributed by atoms with van der Waals surface area (Å²) in [6.07, 6.45) is 4.64. The molecule has 0 radical (unpaired) electrons. The number of hydrogen-bond acceptors (Lipinski definition) is 4. The number of anilines is 1. The van der Waals surface area contributed by atoms with Gasteiger partial charge in [0.25, 0.3) is 5.91 Å². The lowest BCUT2D eigenvalue weighted by molar-refractivity contribution is 0.0677. The molecule has 1 atom stereocenters. The Morgan fingerprint density at radius 2 is 2.15 bits per heavy atom. The summed E-state index contributed by atoms with van der Waals surface area (Å²) in [4.78, 5) is 23.3. The molecule has 1 aliphatic carbocycles. The van der Waals surface area contributed by atoms with Gasteiger partial charge in [-0.05, 0) is 44.6 Å². The van der Waals surface area contributed by atoms with Gasteiger partial charge in [-0.25, -0.2) is 9.97 Å². The Morgan fingerprint density at radius 3 is 2.85 bits per heavy atom. The minimum atomic E-state index is 0.0425. The summed E-state index contributed by atoms with van der Waals surface area (Å²) in [6.45, 7) is 5.80. The highest BCUT2D eigenvalue weighted by Crippen LogP contribution is 2.23. The van der Waals surface area contributed by atoms with Crippen molar-refractivity contribution >= 4 is 11.9 Å². The van der Waals surface area contributed by atoms with E-state index in [0.717, 1.165) is 25.2 Å². The van der Waals surface area contributed by atoms with Crippen LogP contribution in [0.4, 0.5) is 5.95 Å². The molecule has 1 saturated heterocycles. The summed E-state index contributed by atoms with van der Waals surface area (Å²) in [5.41, 5.74) is 1.37. The molecule has 1 aromatic rings. The molecule has 1 aliphatic heterocycles. The summed E-state index contributed by atoms with van der Waals surface area (Å²) in [7, 11) is 0. The first-order chi connectivity index (χ1) is 9.61. The molecule has 2 fully saturated rings. The minimum absolute atomic E-state index is 0.0425. The van der Waals surface area contributed by atoms with Gasteiger partial charge in [0, 0.05) is 24.8 Å². The van der Waals surface area contributed by atoms with Crippen LogP contribution < -0.4 is 5.32 Å². The van der Waals surface area contributed by atoms with Crippen LogP contribution in [0, 0.1) is 12.8 Å². The third-order valence-electron chi connectivity index (χ3n) is 3.93. The topological polar surface area (TPSA) is 58.1 Å². The lowest BCUT2D eigenvalue weighted by atomic mass is 10.00. The van der Waals surface area contributed by atoms with E-state index in [4.69, 9.17) is 0 Å². The van der Waals surface area contributed by atoms with Gasteiger partial charge in [-0.2, -0.15) is 0 Å². The SMILES string of the molecule is Cc1cc(C(=O)N2CCCC(C)C2)nc(NC2CC2)n1. The first kappa shape index (κ1) is 13.3. The van der Waals surface area contributed by atoms with Gasteiger partial charge in [0.1, 0.15) is 5.69 Å². The van der Waals surface area contributed by atoms with Crippen LogP contribution in [0.3, 0.4) is 0 Å². The standard InChI is InChI=1S/C15H22N4O/c1-10-4-3-7-19(9-10)14(20)13-8-11(2)16-15(18-13)17-12-5-6-12/h8,10,12H,3-7,9H2,1-2H3,(H,16,17,18). The van der Waals surface area contributed by atoms with Gasteiger partial charge in [-0.3, -0.25) is 4.79 Å². The van der Waals surface area contributed by atoms with Crippen LogP contribution >= 0.6 is 0 Å². The first-order valence-electron chi connectivity index (χ1n) is 7.53. The second kappa shape index (κ2) is 5.38. The molecule has 0 spiro atoms. The fraction of sp³-hybridized carbons (Fsp3) is 0.667. The molecule has 1 N–H and O–H groups in total. The Morgan fingerprint density at radius 1 is 1.35 bits per heavy atom. The first-order valence-corrected chi connectivity index (χ1v) is 7.53. The highest BCUT2D eigenvalue weighted by molar-refractivity contribution is 5.92. The third-order valence-corrected chi connectivity index (χ3v) is 3.93. The van der Waals surface area contributed by atoms with Crippen LogP contribution in [-0.4, -0.2) is 39.9 Å². The Kier molecular flexibility index (Phi) is 3.59. The average molecular weight is 274 g/mol. The van der Waals surface area contributed by atoms with Crippen molar-refractivity contribution < 1.29 is 4.79 Å². The second-order valence-corrected chi connectivity index (χ2v) is 6.14. The Hall–Kier alpha value is -1.65. The summed E-state index contributed by atoms with van der Waals surface area (Å²) < 4.78 is 0. The number of likely N-dealkylation sites (tertiary alicyclic amines) is 1. The third kappa shape index (κ3) is 3.08. The summed E-state index contributed by atoms with van der Waals surface area (Å²) in [6, 6.07) is 2.29. The van der Waals surface area contributed by atoms with E-state index in [-0.39, 0.29) is 5.91 Å². The van der Waals surface area contributed by atoms with Crippen molar-refractivity contribution in [3.05, 3.63) is 17.5 Å². The average Bonchev–Trinajstić information content (AvgIpc) is 3.21. The molecule has 3 rings (SSSR count). The molecule has 1 unspecified atom stereocenters. The molecule has 1 saturated carbocycles. The molecule has 5 nitrogen and oxygen atoms in total. The maximum Gasteiger partial charge on any atom is 0.272 e. The number of amides is 1. The summed E-state index contributed by atoms with van der Waals surface area (Å²) >= 11 is 0. The van der Waals surface area contributed by atoms with Crippen LogP contribution in [0.25, 0.3) is 0 Å². The Balaban J connectivity index is 1.77. The number of aromatic nitrogens is 2. The van der Waals surface area contributed by atoms with E-state index in [0.29, 0.717) is 23.6 Å². The van der Waals surface area contributed by atoms with Gasteiger partial charge in [0.05, 0.1) is 0 Å². The zero-order valence-electron chi connectivity index (χ0n) is 12.2. The van der Waals surface area contributed by atoms with E-state index in [1.807, 2.05) is 11.8 Å². The zero-order valence-corrected chi connectivity index (χ0v) is 12.2.